The van der Waals surface area contributed by atoms with Gasteiger partial charge in [0.15, 0.2) is 0 Å². The third kappa shape index (κ3) is 5.22. The number of carbonyl (C=O) groups is 2. The molecule has 2 aliphatic heterocycles. The molecule has 2 aromatic rings. The first-order valence-corrected chi connectivity index (χ1v) is 11.3. The molecule has 3 heterocycles. The molecule has 2 saturated heterocycles. The van der Waals surface area contributed by atoms with Gasteiger partial charge in [-0.25, -0.2) is 0 Å². The maximum atomic E-state index is 13.3. The summed E-state index contributed by atoms with van der Waals surface area (Å²) >= 11 is 0. The van der Waals surface area contributed by atoms with Crippen LogP contribution in [0.3, 0.4) is 0 Å². The lowest BCUT2D eigenvalue weighted by Gasteiger charge is -2.39. The van der Waals surface area contributed by atoms with E-state index in [2.05, 4.69) is 9.88 Å². The average Bonchev–Trinajstić information content (AvgIpc) is 2.81. The number of piperidine rings is 1. The first-order chi connectivity index (χ1) is 15.1. The molecule has 0 bridgehead atoms. The summed E-state index contributed by atoms with van der Waals surface area (Å²) < 4.78 is 5.41. The Morgan fingerprint density at radius 3 is 2.77 bits per heavy atom. The topological polar surface area (TPSA) is 66.0 Å². The highest BCUT2D eigenvalue weighted by Gasteiger charge is 2.30. The SMILES string of the molecule is CC(=O)N(CCCN1CCOCC1)C1CCCN(C(=O)c2nccc3ccccc23)C1. The van der Waals surface area contributed by atoms with Crippen LogP contribution in [0.5, 0.6) is 0 Å². The molecule has 2 amide bonds. The van der Waals surface area contributed by atoms with Crippen molar-refractivity contribution in [2.24, 2.45) is 0 Å². The van der Waals surface area contributed by atoms with Crippen molar-refractivity contribution in [1.82, 2.24) is 19.7 Å². The van der Waals surface area contributed by atoms with Gasteiger partial charge < -0.3 is 14.5 Å². The summed E-state index contributed by atoms with van der Waals surface area (Å²) in [5.41, 5.74) is 0.500. The lowest BCUT2D eigenvalue weighted by molar-refractivity contribution is -0.132. The second-order valence-electron chi connectivity index (χ2n) is 8.45. The van der Waals surface area contributed by atoms with Crippen molar-refractivity contribution >= 4 is 22.6 Å². The van der Waals surface area contributed by atoms with Crippen molar-refractivity contribution < 1.29 is 14.3 Å². The Morgan fingerprint density at radius 1 is 1.16 bits per heavy atom. The molecule has 166 valence electrons. The Balaban J connectivity index is 1.40. The van der Waals surface area contributed by atoms with E-state index < -0.39 is 0 Å². The van der Waals surface area contributed by atoms with Crippen LogP contribution in [0.2, 0.25) is 0 Å². The fourth-order valence-electron chi connectivity index (χ4n) is 4.72. The van der Waals surface area contributed by atoms with E-state index in [1.165, 1.54) is 0 Å². The van der Waals surface area contributed by atoms with E-state index in [9.17, 15) is 9.59 Å². The standard InChI is InChI=1S/C24H32N4O3/c1-19(29)28(13-5-11-26-14-16-31-17-15-26)21-7-4-12-27(18-21)24(30)23-22-8-3-2-6-20(22)9-10-25-23/h2-3,6,8-10,21H,4-5,7,11-18H2,1H3. The largest absolute Gasteiger partial charge is 0.379 e. The third-order valence-corrected chi connectivity index (χ3v) is 6.38. The number of hydrogen-bond donors (Lipinski definition) is 0. The smallest absolute Gasteiger partial charge is 0.273 e. The van der Waals surface area contributed by atoms with Gasteiger partial charge >= 0.3 is 0 Å². The second-order valence-corrected chi connectivity index (χ2v) is 8.45. The maximum Gasteiger partial charge on any atom is 0.273 e. The summed E-state index contributed by atoms with van der Waals surface area (Å²) in [6.07, 6.45) is 4.47. The number of aromatic nitrogens is 1. The molecule has 1 unspecified atom stereocenters. The van der Waals surface area contributed by atoms with Gasteiger partial charge in [0, 0.05) is 63.8 Å². The number of nitrogens with zero attached hydrogens (tertiary/aromatic N) is 4. The molecule has 4 rings (SSSR count). The Hall–Kier alpha value is -2.51. The van der Waals surface area contributed by atoms with Crippen molar-refractivity contribution in [2.75, 3.05) is 52.5 Å². The van der Waals surface area contributed by atoms with Gasteiger partial charge in [0.2, 0.25) is 5.91 Å². The molecule has 0 saturated carbocycles. The van der Waals surface area contributed by atoms with Crippen LogP contribution in [-0.2, 0) is 9.53 Å². The number of fused-ring (bicyclic) bond motifs is 1. The second kappa shape index (κ2) is 10.2. The molecule has 2 aliphatic rings. The van der Waals surface area contributed by atoms with E-state index in [-0.39, 0.29) is 17.9 Å². The molecule has 31 heavy (non-hydrogen) atoms. The number of ether oxygens (including phenoxy) is 1. The van der Waals surface area contributed by atoms with E-state index >= 15 is 0 Å². The maximum absolute atomic E-state index is 13.3. The zero-order chi connectivity index (χ0) is 21.6. The summed E-state index contributed by atoms with van der Waals surface area (Å²) in [5, 5.41) is 1.90. The highest BCUT2D eigenvalue weighted by atomic mass is 16.5. The van der Waals surface area contributed by atoms with E-state index in [0.29, 0.717) is 18.8 Å². The molecule has 1 atom stereocenters. The fourth-order valence-corrected chi connectivity index (χ4v) is 4.72. The van der Waals surface area contributed by atoms with Gasteiger partial charge in [0.05, 0.1) is 13.2 Å². The molecule has 0 aliphatic carbocycles. The molecule has 0 spiro atoms. The van der Waals surface area contributed by atoms with Gasteiger partial charge in [-0.1, -0.05) is 24.3 Å². The summed E-state index contributed by atoms with van der Waals surface area (Å²) in [4.78, 5) is 36.4. The molecular formula is C24H32N4O3. The molecule has 7 nitrogen and oxygen atoms in total. The highest BCUT2D eigenvalue weighted by Crippen LogP contribution is 2.22. The number of pyridine rings is 1. The van der Waals surface area contributed by atoms with Gasteiger partial charge in [0.1, 0.15) is 5.69 Å². The third-order valence-electron chi connectivity index (χ3n) is 6.38. The molecule has 1 aromatic heterocycles. The quantitative estimate of drug-likeness (QED) is 0.713. The number of morpholine rings is 1. The van der Waals surface area contributed by atoms with Crippen LogP contribution in [0.25, 0.3) is 10.8 Å². The first-order valence-electron chi connectivity index (χ1n) is 11.3. The van der Waals surface area contributed by atoms with Gasteiger partial charge in [0.25, 0.3) is 5.91 Å². The number of rotatable bonds is 6. The van der Waals surface area contributed by atoms with Crippen molar-refractivity contribution in [3.8, 4) is 0 Å². The van der Waals surface area contributed by atoms with Crippen LogP contribution in [0, 0.1) is 0 Å². The molecule has 7 heteroatoms. The number of amides is 2. The summed E-state index contributed by atoms with van der Waals surface area (Å²) in [6, 6.07) is 9.84. The predicted octanol–water partition coefficient (Wildman–Crippen LogP) is 2.41. The normalized spacial score (nSPS) is 20.0. The van der Waals surface area contributed by atoms with Crippen molar-refractivity contribution in [2.45, 2.75) is 32.2 Å². The molecular weight excluding hydrogens is 392 g/mol. The Bertz CT molecular complexity index is 907. The molecule has 1 aromatic carbocycles. The minimum absolute atomic E-state index is 0.0432. The number of likely N-dealkylation sites (tertiary alicyclic amines) is 1. The highest BCUT2D eigenvalue weighted by molar-refractivity contribution is 6.05. The average molecular weight is 425 g/mol. The van der Waals surface area contributed by atoms with Crippen molar-refractivity contribution in [3.05, 3.63) is 42.2 Å². The van der Waals surface area contributed by atoms with Crippen LogP contribution in [0.1, 0.15) is 36.7 Å². The van der Waals surface area contributed by atoms with Gasteiger partial charge in [-0.15, -0.1) is 0 Å². The first kappa shape index (κ1) is 21.7. The molecule has 0 radical (unpaired) electrons. The monoisotopic (exact) mass is 424 g/mol. The number of hydrogen-bond acceptors (Lipinski definition) is 5. The zero-order valence-electron chi connectivity index (χ0n) is 18.3. The molecule has 0 N–H and O–H groups in total. The van der Waals surface area contributed by atoms with E-state index in [1.54, 1.807) is 13.1 Å². The van der Waals surface area contributed by atoms with E-state index in [4.69, 9.17) is 4.74 Å². The van der Waals surface area contributed by atoms with Crippen LogP contribution in [0.4, 0.5) is 0 Å². The fraction of sp³-hybridized carbons (Fsp3) is 0.542. The predicted molar refractivity (Wildman–Crippen MR) is 120 cm³/mol. The minimum Gasteiger partial charge on any atom is -0.379 e. The summed E-state index contributed by atoms with van der Waals surface area (Å²) in [6.45, 7) is 8.13. The van der Waals surface area contributed by atoms with Gasteiger partial charge in [-0.2, -0.15) is 0 Å². The molecule has 2 fully saturated rings. The Labute approximate surface area is 184 Å². The lowest BCUT2D eigenvalue weighted by Crippen LogP contribution is -2.52. The van der Waals surface area contributed by atoms with E-state index in [1.807, 2.05) is 40.1 Å². The number of benzene rings is 1. The van der Waals surface area contributed by atoms with Gasteiger partial charge in [-0.3, -0.25) is 19.5 Å². The van der Waals surface area contributed by atoms with E-state index in [0.717, 1.165) is 69.4 Å². The minimum atomic E-state index is -0.0432. The summed E-state index contributed by atoms with van der Waals surface area (Å²) in [7, 11) is 0. The zero-order valence-corrected chi connectivity index (χ0v) is 18.3. The van der Waals surface area contributed by atoms with Crippen molar-refractivity contribution in [1.29, 1.82) is 0 Å². The Morgan fingerprint density at radius 2 is 1.97 bits per heavy atom. The van der Waals surface area contributed by atoms with Gasteiger partial charge in [-0.05, 0) is 30.7 Å². The summed E-state index contributed by atoms with van der Waals surface area (Å²) in [5.74, 6) is 0.0443. The Kier molecular flexibility index (Phi) is 7.14. The van der Waals surface area contributed by atoms with Crippen LogP contribution in [0.15, 0.2) is 36.5 Å². The number of carbonyl (C=O) groups excluding carboxylic acids is 2. The van der Waals surface area contributed by atoms with Crippen LogP contribution >= 0.6 is 0 Å². The van der Waals surface area contributed by atoms with Crippen LogP contribution < -0.4 is 0 Å². The van der Waals surface area contributed by atoms with Crippen molar-refractivity contribution in [3.63, 3.8) is 0 Å². The lowest BCUT2D eigenvalue weighted by atomic mass is 10.0. The van der Waals surface area contributed by atoms with Crippen LogP contribution in [-0.4, -0.2) is 90.0 Å².